The molecule has 4 rings (SSSR count). The standard InChI is InChI=1S/C18H17N3O5S/c1-21(12-17-19-20-18(26-17)13-5-3-2-4-6-13)27(22,23)14-7-8-15-16(11-14)25-10-9-24-15/h2-8,11H,9-10,12H2,1H3. The molecule has 2 heterocycles. The Morgan fingerprint density at radius 1 is 1.00 bits per heavy atom. The first-order chi connectivity index (χ1) is 13.0. The van der Waals surface area contributed by atoms with Crippen LogP contribution in [-0.4, -0.2) is 43.2 Å². The van der Waals surface area contributed by atoms with E-state index < -0.39 is 10.0 Å². The molecule has 1 aromatic heterocycles. The molecule has 0 atom stereocenters. The Labute approximate surface area is 156 Å². The number of fused-ring (bicyclic) bond motifs is 1. The van der Waals surface area contributed by atoms with E-state index >= 15 is 0 Å². The molecular weight excluding hydrogens is 370 g/mol. The van der Waals surface area contributed by atoms with Crippen molar-refractivity contribution in [1.29, 1.82) is 0 Å². The van der Waals surface area contributed by atoms with Gasteiger partial charge in [-0.25, -0.2) is 8.42 Å². The maximum Gasteiger partial charge on any atom is 0.247 e. The van der Waals surface area contributed by atoms with E-state index in [9.17, 15) is 8.42 Å². The topological polar surface area (TPSA) is 94.8 Å². The van der Waals surface area contributed by atoms with Gasteiger partial charge in [-0.1, -0.05) is 18.2 Å². The molecule has 9 heteroatoms. The number of ether oxygens (including phenoxy) is 2. The molecule has 0 saturated carbocycles. The van der Waals surface area contributed by atoms with Crippen LogP contribution in [0.15, 0.2) is 57.8 Å². The van der Waals surface area contributed by atoms with Gasteiger partial charge in [0.05, 0.1) is 11.4 Å². The molecular formula is C18H17N3O5S. The molecule has 0 saturated heterocycles. The maximum atomic E-state index is 12.8. The van der Waals surface area contributed by atoms with Crippen LogP contribution in [0.2, 0.25) is 0 Å². The molecule has 0 radical (unpaired) electrons. The molecule has 3 aromatic rings. The normalized spacial score (nSPS) is 13.7. The fourth-order valence-corrected chi connectivity index (χ4v) is 3.79. The Bertz CT molecular complexity index is 1050. The lowest BCUT2D eigenvalue weighted by Gasteiger charge is -2.20. The molecule has 1 aliphatic rings. The summed E-state index contributed by atoms with van der Waals surface area (Å²) < 4.78 is 43.3. The number of nitrogens with zero attached hydrogens (tertiary/aromatic N) is 3. The summed E-state index contributed by atoms with van der Waals surface area (Å²) in [4.78, 5) is 0.108. The predicted molar refractivity (Wildman–Crippen MR) is 95.8 cm³/mol. The summed E-state index contributed by atoms with van der Waals surface area (Å²) in [7, 11) is -2.30. The van der Waals surface area contributed by atoms with Crippen molar-refractivity contribution >= 4 is 10.0 Å². The zero-order chi connectivity index (χ0) is 18.9. The lowest BCUT2D eigenvalue weighted by molar-refractivity contribution is 0.171. The first-order valence-corrected chi connectivity index (χ1v) is 9.72. The highest BCUT2D eigenvalue weighted by Crippen LogP contribution is 2.33. The van der Waals surface area contributed by atoms with Crippen LogP contribution >= 0.6 is 0 Å². The van der Waals surface area contributed by atoms with E-state index in [4.69, 9.17) is 13.9 Å². The largest absolute Gasteiger partial charge is 0.486 e. The van der Waals surface area contributed by atoms with Crippen molar-refractivity contribution in [2.75, 3.05) is 20.3 Å². The summed E-state index contributed by atoms with van der Waals surface area (Å²) in [6, 6.07) is 13.8. The van der Waals surface area contributed by atoms with Crippen LogP contribution in [0.5, 0.6) is 11.5 Å². The van der Waals surface area contributed by atoms with E-state index in [2.05, 4.69) is 10.2 Å². The Kier molecular flexibility index (Phi) is 4.54. The first kappa shape index (κ1) is 17.5. The van der Waals surface area contributed by atoms with Gasteiger partial charge < -0.3 is 13.9 Å². The molecule has 8 nitrogen and oxygen atoms in total. The van der Waals surface area contributed by atoms with E-state index in [1.54, 1.807) is 6.07 Å². The summed E-state index contributed by atoms with van der Waals surface area (Å²) in [5.41, 5.74) is 0.772. The smallest absolute Gasteiger partial charge is 0.247 e. The van der Waals surface area contributed by atoms with Crippen LogP contribution in [0.4, 0.5) is 0 Å². The second-order valence-electron chi connectivity index (χ2n) is 5.93. The molecule has 0 aliphatic carbocycles. The Morgan fingerprint density at radius 3 is 2.52 bits per heavy atom. The molecule has 140 valence electrons. The molecule has 0 spiro atoms. The highest BCUT2D eigenvalue weighted by molar-refractivity contribution is 7.89. The van der Waals surface area contributed by atoms with Crippen LogP contribution < -0.4 is 9.47 Å². The van der Waals surface area contributed by atoms with Gasteiger partial charge in [0.25, 0.3) is 0 Å². The van der Waals surface area contributed by atoms with Gasteiger partial charge in [-0.3, -0.25) is 0 Å². The fraction of sp³-hybridized carbons (Fsp3) is 0.222. The molecule has 0 fully saturated rings. The van der Waals surface area contributed by atoms with Gasteiger partial charge in [0.2, 0.25) is 21.8 Å². The van der Waals surface area contributed by atoms with Crippen molar-refractivity contribution in [3.63, 3.8) is 0 Å². The van der Waals surface area contributed by atoms with Crippen LogP contribution in [0, 0.1) is 0 Å². The minimum atomic E-state index is -3.76. The van der Waals surface area contributed by atoms with Crippen LogP contribution in [0.1, 0.15) is 5.89 Å². The number of rotatable bonds is 5. The highest BCUT2D eigenvalue weighted by Gasteiger charge is 2.25. The third-order valence-electron chi connectivity index (χ3n) is 4.07. The third-order valence-corrected chi connectivity index (χ3v) is 5.87. The van der Waals surface area contributed by atoms with Crippen molar-refractivity contribution in [1.82, 2.24) is 14.5 Å². The van der Waals surface area contributed by atoms with Crippen molar-refractivity contribution in [3.05, 3.63) is 54.4 Å². The summed E-state index contributed by atoms with van der Waals surface area (Å²) in [6.45, 7) is 0.785. The summed E-state index contributed by atoms with van der Waals surface area (Å²) in [6.07, 6.45) is 0. The molecule has 0 N–H and O–H groups in total. The second-order valence-corrected chi connectivity index (χ2v) is 7.98. The van der Waals surface area contributed by atoms with E-state index in [0.717, 1.165) is 9.87 Å². The lowest BCUT2D eigenvalue weighted by atomic mass is 10.2. The Morgan fingerprint density at radius 2 is 1.74 bits per heavy atom. The van der Waals surface area contributed by atoms with Crippen LogP contribution in [0.3, 0.4) is 0 Å². The average molecular weight is 387 g/mol. The molecule has 27 heavy (non-hydrogen) atoms. The number of aromatic nitrogens is 2. The minimum Gasteiger partial charge on any atom is -0.486 e. The van der Waals surface area contributed by atoms with Gasteiger partial charge >= 0.3 is 0 Å². The molecule has 0 amide bonds. The summed E-state index contributed by atoms with van der Waals surface area (Å²) in [5, 5.41) is 7.92. The molecule has 0 bridgehead atoms. The quantitative estimate of drug-likeness (QED) is 0.663. The predicted octanol–water partition coefficient (Wildman–Crippen LogP) is 2.33. The van der Waals surface area contributed by atoms with E-state index in [-0.39, 0.29) is 17.3 Å². The lowest BCUT2D eigenvalue weighted by Crippen LogP contribution is -2.27. The molecule has 2 aromatic carbocycles. The Balaban J connectivity index is 1.54. The van der Waals surface area contributed by atoms with E-state index in [1.807, 2.05) is 30.3 Å². The SMILES string of the molecule is CN(Cc1nnc(-c2ccccc2)o1)S(=O)(=O)c1ccc2c(c1)OCCO2. The fourth-order valence-electron chi connectivity index (χ4n) is 2.65. The number of sulfonamides is 1. The van der Waals surface area contributed by atoms with Crippen LogP contribution in [-0.2, 0) is 16.6 Å². The van der Waals surface area contributed by atoms with Gasteiger partial charge in [0.1, 0.15) is 13.2 Å². The maximum absolute atomic E-state index is 12.8. The van der Waals surface area contributed by atoms with E-state index in [0.29, 0.717) is 30.6 Å². The number of benzene rings is 2. The van der Waals surface area contributed by atoms with E-state index in [1.165, 1.54) is 19.2 Å². The minimum absolute atomic E-state index is 0.0450. The van der Waals surface area contributed by atoms with Gasteiger partial charge in [-0.2, -0.15) is 4.31 Å². The summed E-state index contributed by atoms with van der Waals surface area (Å²) in [5.74, 6) is 1.50. The first-order valence-electron chi connectivity index (χ1n) is 8.28. The van der Waals surface area contributed by atoms with Crippen molar-refractivity contribution in [3.8, 4) is 23.0 Å². The van der Waals surface area contributed by atoms with Gasteiger partial charge in [0, 0.05) is 18.7 Å². The highest BCUT2D eigenvalue weighted by atomic mass is 32.2. The summed E-state index contributed by atoms with van der Waals surface area (Å²) >= 11 is 0. The van der Waals surface area contributed by atoms with Crippen molar-refractivity contribution in [2.45, 2.75) is 11.4 Å². The van der Waals surface area contributed by atoms with Crippen LogP contribution in [0.25, 0.3) is 11.5 Å². The van der Waals surface area contributed by atoms with Gasteiger partial charge in [-0.15, -0.1) is 10.2 Å². The second kappa shape index (κ2) is 7.01. The monoisotopic (exact) mass is 387 g/mol. The number of hydrogen-bond acceptors (Lipinski definition) is 7. The van der Waals surface area contributed by atoms with Crippen molar-refractivity contribution in [2.24, 2.45) is 0 Å². The zero-order valence-electron chi connectivity index (χ0n) is 14.5. The van der Waals surface area contributed by atoms with Gasteiger partial charge in [0.15, 0.2) is 11.5 Å². The zero-order valence-corrected chi connectivity index (χ0v) is 15.3. The molecule has 1 aliphatic heterocycles. The van der Waals surface area contributed by atoms with Crippen molar-refractivity contribution < 1.29 is 22.3 Å². The number of hydrogen-bond donors (Lipinski definition) is 0. The Hall–Kier alpha value is -2.91. The van der Waals surface area contributed by atoms with Gasteiger partial charge in [-0.05, 0) is 24.3 Å². The third kappa shape index (κ3) is 3.51. The average Bonchev–Trinajstić information content (AvgIpc) is 3.16. The molecule has 0 unspecified atom stereocenters.